The highest BCUT2D eigenvalue weighted by Gasteiger charge is 2.24. The van der Waals surface area contributed by atoms with Crippen LogP contribution in [0.2, 0.25) is 0 Å². The van der Waals surface area contributed by atoms with Gasteiger partial charge in [0.15, 0.2) is 0 Å². The highest BCUT2D eigenvalue weighted by molar-refractivity contribution is 5.77. The van der Waals surface area contributed by atoms with Gasteiger partial charge < -0.3 is 5.32 Å². The number of hydrogen-bond acceptors (Lipinski definition) is 2. The first kappa shape index (κ1) is 15.2. The molecule has 1 aromatic heterocycles. The van der Waals surface area contributed by atoms with Crippen LogP contribution in [0.1, 0.15) is 44.4 Å². The first-order chi connectivity index (χ1) is 9.99. The smallest absolute Gasteiger partial charge is 0.221 e. The molecule has 2 rings (SSSR count). The summed E-state index contributed by atoms with van der Waals surface area (Å²) in [5.74, 6) is 0.243. The number of carbonyl (C=O) groups excluding carboxylic acids is 1. The average molecular weight is 282 g/mol. The lowest BCUT2D eigenvalue weighted by Gasteiger charge is -2.26. The van der Waals surface area contributed by atoms with Crippen LogP contribution >= 0.6 is 0 Å². The first-order valence-electron chi connectivity index (χ1n) is 7.26. The van der Waals surface area contributed by atoms with Crippen molar-refractivity contribution < 1.29 is 4.79 Å². The molecule has 0 aliphatic carbocycles. The summed E-state index contributed by atoms with van der Waals surface area (Å²) in [6, 6.07) is 15.8. The third-order valence-corrected chi connectivity index (χ3v) is 3.62. The van der Waals surface area contributed by atoms with Crippen LogP contribution in [-0.4, -0.2) is 10.9 Å². The van der Waals surface area contributed by atoms with Gasteiger partial charge in [0.05, 0.1) is 11.2 Å². The largest absolute Gasteiger partial charge is 0.346 e. The number of hydrogen-bond donors (Lipinski definition) is 1. The molecule has 0 unspecified atom stereocenters. The normalized spacial score (nSPS) is 12.7. The van der Waals surface area contributed by atoms with E-state index >= 15 is 0 Å². The van der Waals surface area contributed by atoms with Gasteiger partial charge in [-0.25, -0.2) is 0 Å². The monoisotopic (exact) mass is 282 g/mol. The second kappa shape index (κ2) is 6.53. The average Bonchev–Trinajstić information content (AvgIpc) is 2.48. The lowest BCUT2D eigenvalue weighted by atomic mass is 9.95. The maximum absolute atomic E-state index is 12.3. The van der Waals surface area contributed by atoms with E-state index in [2.05, 4.69) is 29.4 Å². The summed E-state index contributed by atoms with van der Waals surface area (Å²) in [4.78, 5) is 16.6. The Hall–Kier alpha value is -2.16. The fourth-order valence-electron chi connectivity index (χ4n) is 2.37. The number of aromatic nitrogens is 1. The molecule has 21 heavy (non-hydrogen) atoms. The van der Waals surface area contributed by atoms with Crippen LogP contribution in [0.5, 0.6) is 0 Å². The number of amides is 1. The minimum atomic E-state index is -0.464. The number of rotatable bonds is 5. The summed E-state index contributed by atoms with van der Waals surface area (Å²) in [7, 11) is 0. The molecule has 0 aliphatic heterocycles. The second-order valence-corrected chi connectivity index (χ2v) is 5.90. The van der Waals surface area contributed by atoms with Crippen LogP contribution < -0.4 is 5.32 Å². The Kier molecular flexibility index (Phi) is 4.73. The molecule has 1 atom stereocenters. The Labute approximate surface area is 126 Å². The molecule has 1 amide bonds. The van der Waals surface area contributed by atoms with Gasteiger partial charge in [0, 0.05) is 12.6 Å². The summed E-state index contributed by atoms with van der Waals surface area (Å²) in [6.07, 6.45) is 2.22. The molecule has 3 heteroatoms. The van der Waals surface area contributed by atoms with Crippen LogP contribution in [-0.2, 0) is 10.3 Å². The number of carbonyl (C=O) groups is 1. The molecule has 0 saturated carbocycles. The van der Waals surface area contributed by atoms with Gasteiger partial charge in [0.1, 0.15) is 0 Å². The van der Waals surface area contributed by atoms with Crippen molar-refractivity contribution in [3.8, 4) is 0 Å². The summed E-state index contributed by atoms with van der Waals surface area (Å²) < 4.78 is 0. The molecule has 0 saturated heterocycles. The summed E-state index contributed by atoms with van der Waals surface area (Å²) in [5.41, 5.74) is 1.59. The van der Waals surface area contributed by atoms with Gasteiger partial charge in [-0.3, -0.25) is 9.78 Å². The summed E-state index contributed by atoms with van der Waals surface area (Å²) in [5, 5.41) is 3.07. The topological polar surface area (TPSA) is 42.0 Å². The zero-order chi connectivity index (χ0) is 15.3. The first-order valence-corrected chi connectivity index (χ1v) is 7.26. The number of pyridine rings is 1. The summed E-state index contributed by atoms with van der Waals surface area (Å²) >= 11 is 0. The van der Waals surface area contributed by atoms with Gasteiger partial charge in [-0.05, 0) is 37.5 Å². The van der Waals surface area contributed by atoms with Crippen LogP contribution in [0.25, 0.3) is 0 Å². The van der Waals surface area contributed by atoms with E-state index in [1.54, 1.807) is 6.20 Å². The molecule has 1 N–H and O–H groups in total. The quantitative estimate of drug-likeness (QED) is 0.910. The van der Waals surface area contributed by atoms with Crippen molar-refractivity contribution in [3.05, 3.63) is 66.0 Å². The van der Waals surface area contributed by atoms with Crippen molar-refractivity contribution in [1.29, 1.82) is 0 Å². The number of nitrogens with one attached hydrogen (secondary N) is 1. The molecule has 0 aliphatic rings. The molecule has 110 valence electrons. The fourth-order valence-corrected chi connectivity index (χ4v) is 2.37. The van der Waals surface area contributed by atoms with Gasteiger partial charge in [0.25, 0.3) is 0 Å². The Morgan fingerprint density at radius 1 is 1.14 bits per heavy atom. The SMILES string of the molecule is C[C@@H](CC(=O)NC(C)(C)c1ccccn1)c1ccccc1. The minimum absolute atomic E-state index is 0.0435. The van der Waals surface area contributed by atoms with Crippen LogP contribution in [0, 0.1) is 0 Å². The minimum Gasteiger partial charge on any atom is -0.346 e. The van der Waals surface area contributed by atoms with Crippen molar-refractivity contribution in [3.63, 3.8) is 0 Å². The third kappa shape index (κ3) is 4.15. The molecule has 2 aromatic rings. The van der Waals surface area contributed by atoms with E-state index in [1.165, 1.54) is 5.56 Å². The third-order valence-electron chi connectivity index (χ3n) is 3.62. The Morgan fingerprint density at radius 2 is 1.81 bits per heavy atom. The van der Waals surface area contributed by atoms with Crippen molar-refractivity contribution in [1.82, 2.24) is 10.3 Å². The van der Waals surface area contributed by atoms with Crippen molar-refractivity contribution in [2.24, 2.45) is 0 Å². The van der Waals surface area contributed by atoms with E-state index in [-0.39, 0.29) is 11.8 Å². The number of benzene rings is 1. The highest BCUT2D eigenvalue weighted by Crippen LogP contribution is 2.21. The molecular formula is C18H22N2O. The Morgan fingerprint density at radius 3 is 2.43 bits per heavy atom. The number of nitrogens with zero attached hydrogens (tertiary/aromatic N) is 1. The fraction of sp³-hybridized carbons (Fsp3) is 0.333. The highest BCUT2D eigenvalue weighted by atomic mass is 16.1. The molecule has 0 spiro atoms. The van der Waals surface area contributed by atoms with Gasteiger partial charge in [-0.15, -0.1) is 0 Å². The van der Waals surface area contributed by atoms with E-state index in [0.29, 0.717) is 6.42 Å². The van der Waals surface area contributed by atoms with Crippen LogP contribution in [0.4, 0.5) is 0 Å². The van der Waals surface area contributed by atoms with E-state index in [1.807, 2.05) is 50.2 Å². The summed E-state index contributed by atoms with van der Waals surface area (Å²) in [6.45, 7) is 6.02. The van der Waals surface area contributed by atoms with E-state index in [9.17, 15) is 4.79 Å². The molecule has 0 bridgehead atoms. The van der Waals surface area contributed by atoms with Crippen molar-refractivity contribution >= 4 is 5.91 Å². The van der Waals surface area contributed by atoms with E-state index in [4.69, 9.17) is 0 Å². The lowest BCUT2D eigenvalue weighted by Crippen LogP contribution is -2.41. The van der Waals surface area contributed by atoms with E-state index in [0.717, 1.165) is 5.69 Å². The van der Waals surface area contributed by atoms with Crippen LogP contribution in [0.3, 0.4) is 0 Å². The molecule has 0 fully saturated rings. The zero-order valence-corrected chi connectivity index (χ0v) is 12.8. The standard InChI is InChI=1S/C18H22N2O/c1-14(15-9-5-4-6-10-15)13-17(21)20-18(2,3)16-11-7-8-12-19-16/h4-12,14H,13H2,1-3H3,(H,20,21)/t14-/m0/s1. The molecule has 1 aromatic carbocycles. The zero-order valence-electron chi connectivity index (χ0n) is 12.8. The maximum atomic E-state index is 12.3. The van der Waals surface area contributed by atoms with Crippen molar-refractivity contribution in [2.75, 3.05) is 0 Å². The lowest BCUT2D eigenvalue weighted by molar-refractivity contribution is -0.123. The maximum Gasteiger partial charge on any atom is 0.221 e. The van der Waals surface area contributed by atoms with Gasteiger partial charge in [-0.1, -0.05) is 43.3 Å². The molecule has 0 radical (unpaired) electrons. The second-order valence-electron chi connectivity index (χ2n) is 5.90. The predicted octanol–water partition coefficient (Wildman–Crippen LogP) is 3.63. The van der Waals surface area contributed by atoms with Gasteiger partial charge in [0.2, 0.25) is 5.91 Å². The molecule has 1 heterocycles. The Balaban J connectivity index is 1.98. The van der Waals surface area contributed by atoms with Gasteiger partial charge >= 0.3 is 0 Å². The predicted molar refractivity (Wildman–Crippen MR) is 84.9 cm³/mol. The molecular weight excluding hydrogens is 260 g/mol. The van der Waals surface area contributed by atoms with Gasteiger partial charge in [-0.2, -0.15) is 0 Å². The molecule has 3 nitrogen and oxygen atoms in total. The van der Waals surface area contributed by atoms with E-state index < -0.39 is 5.54 Å². The Bertz CT molecular complexity index is 579. The van der Waals surface area contributed by atoms with Crippen LogP contribution in [0.15, 0.2) is 54.7 Å². The van der Waals surface area contributed by atoms with Crippen molar-refractivity contribution in [2.45, 2.75) is 38.6 Å².